The number of hydrogen-bond donors (Lipinski definition) is 0. The van der Waals surface area contributed by atoms with Crippen molar-refractivity contribution < 1.29 is 4.73 Å². The van der Waals surface area contributed by atoms with Crippen LogP contribution >= 0.6 is 31.9 Å². The zero-order valence-corrected chi connectivity index (χ0v) is 11.3. The van der Waals surface area contributed by atoms with E-state index in [1.807, 2.05) is 30.3 Å². The van der Waals surface area contributed by atoms with Gasteiger partial charge in [-0.05, 0) is 4.98 Å². The molecule has 0 unspecified atom stereocenters. The molecule has 0 saturated heterocycles. The molecule has 0 aliphatic carbocycles. The monoisotopic (exact) mass is 342 g/mol. The first-order valence-electron chi connectivity index (χ1n) is 4.61. The van der Waals surface area contributed by atoms with E-state index in [2.05, 4.69) is 36.8 Å². The van der Waals surface area contributed by atoms with E-state index in [1.165, 1.54) is 6.33 Å². The minimum atomic E-state index is -0.178. The zero-order chi connectivity index (χ0) is 11.5. The third kappa shape index (κ3) is 2.41. The Morgan fingerprint density at radius 1 is 1.19 bits per heavy atom. The SMILES string of the molecule is [O-][n+]1cnc(-c2ccccc2)cc1C(Br)Br. The summed E-state index contributed by atoms with van der Waals surface area (Å²) in [5.41, 5.74) is 2.35. The third-order valence-corrected chi connectivity index (χ3v) is 3.07. The van der Waals surface area contributed by atoms with Gasteiger partial charge in [-0.2, -0.15) is 0 Å². The fourth-order valence-electron chi connectivity index (χ4n) is 1.35. The summed E-state index contributed by atoms with van der Waals surface area (Å²) in [6, 6.07) is 11.5. The fraction of sp³-hybridized carbons (Fsp3) is 0.0909. The summed E-state index contributed by atoms with van der Waals surface area (Å²) in [5, 5.41) is 11.4. The lowest BCUT2D eigenvalue weighted by Gasteiger charge is -2.09. The van der Waals surface area contributed by atoms with Gasteiger partial charge in [0.05, 0.1) is 0 Å². The summed E-state index contributed by atoms with van der Waals surface area (Å²) in [4.78, 5) is 4.10. The number of rotatable bonds is 2. The van der Waals surface area contributed by atoms with E-state index >= 15 is 0 Å². The molecule has 0 bridgehead atoms. The van der Waals surface area contributed by atoms with Crippen LogP contribution in [-0.4, -0.2) is 4.98 Å². The standard InChI is InChI=1S/C11H8Br2N2O/c12-11(13)10-6-9(14-7-15(10)16)8-4-2-1-3-5-8/h1-7,11H. The van der Waals surface area contributed by atoms with Crippen LogP contribution in [0, 0.1) is 5.21 Å². The Morgan fingerprint density at radius 2 is 1.88 bits per heavy atom. The van der Waals surface area contributed by atoms with Crippen LogP contribution in [0.2, 0.25) is 0 Å². The van der Waals surface area contributed by atoms with Crippen LogP contribution < -0.4 is 4.73 Å². The predicted octanol–water partition coefficient (Wildman–Crippen LogP) is 3.17. The number of nitrogens with zero attached hydrogens (tertiary/aromatic N) is 2. The average Bonchev–Trinajstić information content (AvgIpc) is 2.30. The van der Waals surface area contributed by atoms with Crippen molar-refractivity contribution in [2.24, 2.45) is 0 Å². The molecule has 0 amide bonds. The number of hydrogen-bond acceptors (Lipinski definition) is 2. The van der Waals surface area contributed by atoms with Gasteiger partial charge in [-0.1, -0.05) is 62.2 Å². The molecular formula is C11H8Br2N2O. The van der Waals surface area contributed by atoms with Crippen LogP contribution in [0.15, 0.2) is 42.7 Å². The Kier molecular flexibility index (Phi) is 3.56. The Morgan fingerprint density at radius 3 is 2.50 bits per heavy atom. The normalized spacial score (nSPS) is 10.7. The van der Waals surface area contributed by atoms with E-state index in [0.717, 1.165) is 16.0 Å². The first-order valence-corrected chi connectivity index (χ1v) is 6.44. The Labute approximate surface area is 110 Å². The first-order chi connectivity index (χ1) is 7.68. The molecule has 1 aromatic heterocycles. The summed E-state index contributed by atoms with van der Waals surface area (Å²) >= 11 is 6.62. The maximum Gasteiger partial charge on any atom is 0.290 e. The lowest BCUT2D eigenvalue weighted by atomic mass is 10.1. The number of benzene rings is 1. The lowest BCUT2D eigenvalue weighted by Crippen LogP contribution is -2.31. The average molecular weight is 344 g/mol. The molecule has 1 aromatic carbocycles. The van der Waals surface area contributed by atoms with Gasteiger partial charge in [-0.3, -0.25) is 0 Å². The minimum Gasteiger partial charge on any atom is -0.711 e. The quantitative estimate of drug-likeness (QED) is 0.477. The third-order valence-electron chi connectivity index (χ3n) is 2.13. The van der Waals surface area contributed by atoms with Crippen molar-refractivity contribution in [1.82, 2.24) is 4.98 Å². The molecule has 0 saturated carbocycles. The number of aromatic nitrogens is 2. The van der Waals surface area contributed by atoms with Crippen LogP contribution in [0.3, 0.4) is 0 Å². The summed E-state index contributed by atoms with van der Waals surface area (Å²) in [7, 11) is 0. The van der Waals surface area contributed by atoms with Crippen molar-refractivity contribution in [3.05, 3.63) is 53.6 Å². The largest absolute Gasteiger partial charge is 0.711 e. The highest BCUT2D eigenvalue weighted by Gasteiger charge is 2.14. The molecule has 0 radical (unpaired) electrons. The van der Waals surface area contributed by atoms with Gasteiger partial charge in [0.2, 0.25) is 0 Å². The summed E-state index contributed by atoms with van der Waals surface area (Å²) in [6.45, 7) is 0. The van der Waals surface area contributed by atoms with Crippen LogP contribution in [0.4, 0.5) is 0 Å². The molecule has 0 aliphatic rings. The topological polar surface area (TPSA) is 39.8 Å². The van der Waals surface area contributed by atoms with Crippen molar-refractivity contribution in [2.75, 3.05) is 0 Å². The molecule has 82 valence electrons. The van der Waals surface area contributed by atoms with Gasteiger partial charge in [0.1, 0.15) is 9.43 Å². The van der Waals surface area contributed by atoms with E-state index in [0.29, 0.717) is 5.69 Å². The molecule has 2 rings (SSSR count). The highest BCUT2D eigenvalue weighted by Crippen LogP contribution is 2.28. The molecule has 0 fully saturated rings. The van der Waals surface area contributed by atoms with Crippen molar-refractivity contribution in [1.29, 1.82) is 0 Å². The van der Waals surface area contributed by atoms with E-state index in [-0.39, 0.29) is 3.74 Å². The van der Waals surface area contributed by atoms with E-state index in [9.17, 15) is 5.21 Å². The molecule has 0 N–H and O–H groups in total. The molecule has 16 heavy (non-hydrogen) atoms. The molecule has 0 atom stereocenters. The maximum atomic E-state index is 11.4. The van der Waals surface area contributed by atoms with E-state index in [1.54, 1.807) is 6.07 Å². The van der Waals surface area contributed by atoms with Crippen LogP contribution in [0.25, 0.3) is 11.3 Å². The summed E-state index contributed by atoms with van der Waals surface area (Å²) < 4.78 is 0.559. The molecule has 5 heteroatoms. The van der Waals surface area contributed by atoms with E-state index in [4.69, 9.17) is 0 Å². The second-order valence-electron chi connectivity index (χ2n) is 3.19. The highest BCUT2D eigenvalue weighted by molar-refractivity contribution is 9.24. The van der Waals surface area contributed by atoms with Gasteiger partial charge in [0.25, 0.3) is 6.33 Å². The molecule has 1 heterocycles. The zero-order valence-electron chi connectivity index (χ0n) is 8.18. The number of halogens is 2. The van der Waals surface area contributed by atoms with Crippen LogP contribution in [-0.2, 0) is 0 Å². The Bertz CT molecular complexity index is 489. The highest BCUT2D eigenvalue weighted by atomic mass is 79.9. The van der Waals surface area contributed by atoms with Crippen molar-refractivity contribution in [3.8, 4) is 11.3 Å². The van der Waals surface area contributed by atoms with E-state index < -0.39 is 0 Å². The summed E-state index contributed by atoms with van der Waals surface area (Å²) in [6.07, 6.45) is 1.27. The fourth-order valence-corrected chi connectivity index (χ4v) is 2.02. The van der Waals surface area contributed by atoms with Crippen molar-refractivity contribution in [2.45, 2.75) is 3.74 Å². The molecular weight excluding hydrogens is 336 g/mol. The molecule has 3 nitrogen and oxygen atoms in total. The molecule has 0 spiro atoms. The Hall–Kier alpha value is -0.940. The second-order valence-corrected chi connectivity index (χ2v) is 6.25. The maximum absolute atomic E-state index is 11.4. The van der Waals surface area contributed by atoms with Gasteiger partial charge in [0, 0.05) is 11.6 Å². The molecule has 0 aliphatic heterocycles. The summed E-state index contributed by atoms with van der Waals surface area (Å²) in [5.74, 6) is 0. The van der Waals surface area contributed by atoms with Gasteiger partial charge < -0.3 is 5.21 Å². The smallest absolute Gasteiger partial charge is 0.290 e. The van der Waals surface area contributed by atoms with Gasteiger partial charge in [-0.15, -0.1) is 0 Å². The van der Waals surface area contributed by atoms with Crippen molar-refractivity contribution in [3.63, 3.8) is 0 Å². The predicted molar refractivity (Wildman–Crippen MR) is 69.2 cm³/mol. The van der Waals surface area contributed by atoms with Crippen molar-refractivity contribution >= 4 is 31.9 Å². The lowest BCUT2D eigenvalue weighted by molar-refractivity contribution is -0.616. The van der Waals surface area contributed by atoms with Crippen LogP contribution in [0.1, 0.15) is 9.43 Å². The Balaban J connectivity index is 2.48. The van der Waals surface area contributed by atoms with Gasteiger partial charge in [0.15, 0.2) is 5.69 Å². The van der Waals surface area contributed by atoms with Gasteiger partial charge >= 0.3 is 0 Å². The second kappa shape index (κ2) is 4.93. The van der Waals surface area contributed by atoms with Crippen LogP contribution in [0.5, 0.6) is 0 Å². The number of alkyl halides is 2. The van der Waals surface area contributed by atoms with Gasteiger partial charge in [-0.25, -0.2) is 4.73 Å². The minimum absolute atomic E-state index is 0.178. The molecule has 2 aromatic rings. The first kappa shape index (κ1) is 11.5.